The first-order chi connectivity index (χ1) is 9.87. The van der Waals surface area contributed by atoms with Crippen LogP contribution in [0.1, 0.15) is 18.4 Å². The molecule has 1 aromatic carbocycles. The van der Waals surface area contributed by atoms with Crippen LogP contribution in [0, 0.1) is 0 Å². The quantitative estimate of drug-likeness (QED) is 0.456. The van der Waals surface area contributed by atoms with Crippen molar-refractivity contribution in [1.82, 2.24) is 0 Å². The number of alkyl halides is 3. The largest absolute Gasteiger partial charge is 0.466 e. The Morgan fingerprint density at radius 2 is 1.81 bits per heavy atom. The molecule has 0 spiro atoms. The molecule has 0 aliphatic heterocycles. The Balaban J connectivity index is 2.05. The fraction of sp³-hybridized carbons (Fsp3) is 0.500. The summed E-state index contributed by atoms with van der Waals surface area (Å²) in [5.41, 5.74) is 7.16. The predicted molar refractivity (Wildman–Crippen MR) is 71.6 cm³/mol. The van der Waals surface area contributed by atoms with Crippen molar-refractivity contribution in [2.24, 2.45) is 0 Å². The average Bonchev–Trinajstić information content (AvgIpc) is 2.41. The number of nitrogens with two attached hydrogens (primary N) is 1. The number of hydrogen-bond donors (Lipinski definition) is 1. The summed E-state index contributed by atoms with van der Waals surface area (Å²) in [6.07, 6.45) is -3.34. The molecule has 0 aromatic heterocycles. The lowest BCUT2D eigenvalue weighted by Gasteiger charge is -2.08. The van der Waals surface area contributed by atoms with Gasteiger partial charge in [-0.3, -0.25) is 4.79 Å². The maximum atomic E-state index is 11.8. The molecule has 0 fully saturated rings. The van der Waals surface area contributed by atoms with Gasteiger partial charge in [-0.2, -0.15) is 13.2 Å². The van der Waals surface area contributed by atoms with Crippen molar-refractivity contribution < 1.29 is 27.4 Å². The second kappa shape index (κ2) is 8.51. The minimum Gasteiger partial charge on any atom is -0.466 e. The lowest BCUT2D eigenvalue weighted by molar-refractivity contribution is -0.175. The molecule has 0 bridgehead atoms. The molecule has 0 radical (unpaired) electrons. The third kappa shape index (κ3) is 8.91. The molecule has 0 saturated heterocycles. The van der Waals surface area contributed by atoms with Gasteiger partial charge in [0.1, 0.15) is 6.61 Å². The number of ether oxygens (including phenoxy) is 2. The Kier molecular flexibility index (Phi) is 7.01. The van der Waals surface area contributed by atoms with Crippen LogP contribution < -0.4 is 5.73 Å². The first-order valence-corrected chi connectivity index (χ1v) is 6.51. The lowest BCUT2D eigenvalue weighted by atomic mass is 10.1. The van der Waals surface area contributed by atoms with E-state index in [1.807, 2.05) is 12.1 Å². The van der Waals surface area contributed by atoms with E-state index in [1.165, 1.54) is 0 Å². The number of halogens is 3. The molecule has 0 aliphatic carbocycles. The molecule has 7 heteroatoms. The second-order valence-corrected chi connectivity index (χ2v) is 4.48. The van der Waals surface area contributed by atoms with Crippen molar-refractivity contribution in [2.75, 3.05) is 25.6 Å². The molecule has 4 nitrogen and oxygen atoms in total. The molecule has 2 N–H and O–H groups in total. The third-order valence-corrected chi connectivity index (χ3v) is 2.56. The highest BCUT2D eigenvalue weighted by Crippen LogP contribution is 2.14. The first-order valence-electron chi connectivity index (χ1n) is 6.51. The summed E-state index contributed by atoms with van der Waals surface area (Å²) in [5.74, 6) is -0.386. The number of nitrogen functional groups attached to an aromatic ring is 1. The number of anilines is 1. The van der Waals surface area contributed by atoms with Crippen LogP contribution in [0.3, 0.4) is 0 Å². The monoisotopic (exact) mass is 305 g/mol. The van der Waals surface area contributed by atoms with Gasteiger partial charge >= 0.3 is 12.1 Å². The van der Waals surface area contributed by atoms with Crippen molar-refractivity contribution >= 4 is 11.7 Å². The first kappa shape index (κ1) is 17.3. The summed E-state index contributed by atoms with van der Waals surface area (Å²) in [7, 11) is 0. The van der Waals surface area contributed by atoms with Crippen LogP contribution in [-0.2, 0) is 20.7 Å². The third-order valence-electron chi connectivity index (χ3n) is 2.56. The summed E-state index contributed by atoms with van der Waals surface area (Å²) in [4.78, 5) is 11.4. The highest BCUT2D eigenvalue weighted by Gasteiger charge is 2.27. The zero-order valence-corrected chi connectivity index (χ0v) is 11.5. The van der Waals surface area contributed by atoms with Gasteiger partial charge in [0.05, 0.1) is 13.2 Å². The van der Waals surface area contributed by atoms with Crippen LogP contribution >= 0.6 is 0 Å². The second-order valence-electron chi connectivity index (χ2n) is 4.48. The zero-order chi connectivity index (χ0) is 15.7. The number of rotatable bonds is 8. The molecule has 1 rings (SSSR count). The Hall–Kier alpha value is -1.76. The fourth-order valence-corrected chi connectivity index (χ4v) is 1.54. The van der Waals surface area contributed by atoms with E-state index in [0.717, 1.165) is 5.56 Å². The molecule has 0 saturated carbocycles. The van der Waals surface area contributed by atoms with Crippen molar-refractivity contribution in [2.45, 2.75) is 25.4 Å². The number of carbonyl (C=O) groups excluding carboxylic acids is 1. The molecule has 118 valence electrons. The van der Waals surface area contributed by atoms with Gasteiger partial charge in [-0.25, -0.2) is 0 Å². The number of esters is 1. The van der Waals surface area contributed by atoms with Crippen LogP contribution in [0.5, 0.6) is 0 Å². The SMILES string of the molecule is Nc1ccc(CCC(=O)OCCCOCC(F)(F)F)cc1. The molecular formula is C14H18F3NO3. The maximum absolute atomic E-state index is 11.8. The van der Waals surface area contributed by atoms with Gasteiger partial charge < -0.3 is 15.2 Å². The minimum absolute atomic E-state index is 0.0540. The normalized spacial score (nSPS) is 11.4. The summed E-state index contributed by atoms with van der Waals surface area (Å²) >= 11 is 0. The molecule has 0 amide bonds. The van der Waals surface area contributed by atoms with Gasteiger partial charge in [0.15, 0.2) is 0 Å². The van der Waals surface area contributed by atoms with Gasteiger partial charge in [0.25, 0.3) is 0 Å². The van der Waals surface area contributed by atoms with E-state index in [4.69, 9.17) is 10.5 Å². The van der Waals surface area contributed by atoms with Crippen molar-refractivity contribution in [3.63, 3.8) is 0 Å². The van der Waals surface area contributed by atoms with E-state index in [1.54, 1.807) is 12.1 Å². The average molecular weight is 305 g/mol. The predicted octanol–water partition coefficient (Wildman–Crippen LogP) is 2.71. The van der Waals surface area contributed by atoms with Gasteiger partial charge in [-0.05, 0) is 24.1 Å². The Labute approximate surface area is 121 Å². The lowest BCUT2D eigenvalue weighted by Crippen LogP contribution is -2.18. The molecule has 0 unspecified atom stereocenters. The number of carbonyl (C=O) groups is 1. The van der Waals surface area contributed by atoms with E-state index in [-0.39, 0.29) is 32.0 Å². The van der Waals surface area contributed by atoms with Crippen LogP contribution in [0.15, 0.2) is 24.3 Å². The van der Waals surface area contributed by atoms with E-state index in [0.29, 0.717) is 12.1 Å². The van der Waals surface area contributed by atoms with Gasteiger partial charge in [-0.1, -0.05) is 12.1 Å². The van der Waals surface area contributed by atoms with E-state index >= 15 is 0 Å². The van der Waals surface area contributed by atoms with E-state index < -0.39 is 12.8 Å². The Morgan fingerprint density at radius 3 is 2.43 bits per heavy atom. The Morgan fingerprint density at radius 1 is 1.14 bits per heavy atom. The zero-order valence-electron chi connectivity index (χ0n) is 11.5. The molecule has 0 heterocycles. The summed E-state index contributed by atoms with van der Waals surface area (Å²) < 4.78 is 44.6. The standard InChI is InChI=1S/C14H18F3NO3/c15-14(16,17)10-20-8-1-9-21-13(19)7-4-11-2-5-12(18)6-3-11/h2-3,5-6H,1,4,7-10,18H2. The van der Waals surface area contributed by atoms with E-state index in [2.05, 4.69) is 4.74 Å². The number of hydrogen-bond acceptors (Lipinski definition) is 4. The molecule has 0 aliphatic rings. The highest BCUT2D eigenvalue weighted by atomic mass is 19.4. The minimum atomic E-state index is -4.32. The fourth-order valence-electron chi connectivity index (χ4n) is 1.54. The topological polar surface area (TPSA) is 61.6 Å². The van der Waals surface area contributed by atoms with Crippen LogP contribution in [0.25, 0.3) is 0 Å². The highest BCUT2D eigenvalue weighted by molar-refractivity contribution is 5.69. The molecule has 0 atom stereocenters. The van der Waals surface area contributed by atoms with Crippen LogP contribution in [0.4, 0.5) is 18.9 Å². The van der Waals surface area contributed by atoms with Gasteiger partial charge in [-0.15, -0.1) is 0 Å². The molecule has 21 heavy (non-hydrogen) atoms. The van der Waals surface area contributed by atoms with Crippen molar-refractivity contribution in [3.8, 4) is 0 Å². The summed E-state index contributed by atoms with van der Waals surface area (Å²) in [6.45, 7) is -1.32. The molecular weight excluding hydrogens is 287 g/mol. The van der Waals surface area contributed by atoms with Crippen molar-refractivity contribution in [3.05, 3.63) is 29.8 Å². The maximum Gasteiger partial charge on any atom is 0.411 e. The van der Waals surface area contributed by atoms with E-state index in [9.17, 15) is 18.0 Å². The number of aryl methyl sites for hydroxylation is 1. The van der Waals surface area contributed by atoms with Crippen LogP contribution in [0.2, 0.25) is 0 Å². The van der Waals surface area contributed by atoms with Gasteiger partial charge in [0, 0.05) is 18.5 Å². The smallest absolute Gasteiger partial charge is 0.411 e. The summed E-state index contributed by atoms with van der Waals surface area (Å²) in [5, 5.41) is 0. The van der Waals surface area contributed by atoms with Crippen LogP contribution in [-0.4, -0.2) is 32.0 Å². The van der Waals surface area contributed by atoms with Crippen molar-refractivity contribution in [1.29, 1.82) is 0 Å². The Bertz CT molecular complexity index is 432. The van der Waals surface area contributed by atoms with Gasteiger partial charge in [0.2, 0.25) is 0 Å². The number of benzene rings is 1. The molecule has 1 aromatic rings. The summed E-state index contributed by atoms with van der Waals surface area (Å²) in [6, 6.07) is 7.15.